The molecule has 0 saturated carbocycles. The Hall–Kier alpha value is -0.750. The van der Waals surface area contributed by atoms with E-state index in [-0.39, 0.29) is 12.4 Å². The number of nitriles is 1. The van der Waals surface area contributed by atoms with Gasteiger partial charge in [-0.25, -0.2) is 0 Å². The van der Waals surface area contributed by atoms with Gasteiger partial charge in [0.15, 0.2) is 0 Å². The molecule has 1 aromatic carbocycles. The van der Waals surface area contributed by atoms with Gasteiger partial charge in [0.2, 0.25) is 0 Å². The summed E-state index contributed by atoms with van der Waals surface area (Å²) in [5, 5.41) is 12.8. The third kappa shape index (κ3) is 2.85. The molecule has 0 unspecified atom stereocenters. The second-order valence-corrected chi connectivity index (χ2v) is 4.01. The molecule has 4 heteroatoms. The fraction of sp³-hybridized carbons (Fsp3) is 0.364. The molecule has 0 radical (unpaired) electrons. The molecule has 1 aromatic rings. The first kappa shape index (κ1) is 12.3. The Bertz CT molecular complexity index is 379. The lowest BCUT2D eigenvalue weighted by atomic mass is 9.97. The largest absolute Gasteiger partial charge is 0.316 e. The van der Waals surface area contributed by atoms with Crippen molar-refractivity contribution in [2.75, 3.05) is 13.1 Å². The topological polar surface area (TPSA) is 35.8 Å². The Kier molecular flexibility index (Phi) is 4.41. The lowest BCUT2D eigenvalue weighted by Gasteiger charge is -2.09. The Morgan fingerprint density at radius 1 is 1.40 bits per heavy atom. The first-order valence-electron chi connectivity index (χ1n) is 4.71. The van der Waals surface area contributed by atoms with Gasteiger partial charge >= 0.3 is 0 Å². The molecule has 0 aromatic heterocycles. The highest BCUT2D eigenvalue weighted by Crippen LogP contribution is 2.26. The fourth-order valence-electron chi connectivity index (χ4n) is 1.85. The molecule has 0 bridgehead atoms. The minimum absolute atomic E-state index is 0. The number of benzene rings is 1. The summed E-state index contributed by atoms with van der Waals surface area (Å²) >= 11 is 5.94. The number of rotatable bonds is 1. The molecule has 1 aliphatic heterocycles. The van der Waals surface area contributed by atoms with Crippen LogP contribution in [0.5, 0.6) is 0 Å². The molecule has 1 atom stereocenters. The molecule has 15 heavy (non-hydrogen) atoms. The fourth-order valence-corrected chi connectivity index (χ4v) is 2.10. The predicted octanol–water partition coefficient (Wildman–Crippen LogP) is 2.71. The van der Waals surface area contributed by atoms with Gasteiger partial charge in [-0.3, -0.25) is 0 Å². The zero-order valence-corrected chi connectivity index (χ0v) is 9.74. The third-order valence-electron chi connectivity index (χ3n) is 2.58. The van der Waals surface area contributed by atoms with E-state index in [2.05, 4.69) is 11.4 Å². The molecular weight excluding hydrogens is 231 g/mol. The van der Waals surface area contributed by atoms with Crippen LogP contribution in [0.2, 0.25) is 5.02 Å². The summed E-state index contributed by atoms with van der Waals surface area (Å²) < 4.78 is 0. The lowest BCUT2D eigenvalue weighted by molar-refractivity contribution is 0.763. The minimum atomic E-state index is 0. The zero-order chi connectivity index (χ0) is 9.97. The van der Waals surface area contributed by atoms with Gasteiger partial charge in [-0.05, 0) is 42.6 Å². The van der Waals surface area contributed by atoms with Crippen LogP contribution in [0.4, 0.5) is 0 Å². The molecule has 1 heterocycles. The highest BCUT2D eigenvalue weighted by atomic mass is 35.5. The van der Waals surface area contributed by atoms with E-state index in [0.29, 0.717) is 16.5 Å². The van der Waals surface area contributed by atoms with Crippen molar-refractivity contribution < 1.29 is 0 Å². The van der Waals surface area contributed by atoms with Crippen LogP contribution in [0.1, 0.15) is 23.5 Å². The number of halogens is 2. The highest BCUT2D eigenvalue weighted by Gasteiger charge is 2.17. The maximum absolute atomic E-state index is 8.81. The van der Waals surface area contributed by atoms with Crippen LogP contribution in [0.15, 0.2) is 18.2 Å². The summed E-state index contributed by atoms with van der Waals surface area (Å²) in [4.78, 5) is 0. The summed E-state index contributed by atoms with van der Waals surface area (Å²) in [6.07, 6.45) is 1.13. The quantitative estimate of drug-likeness (QED) is 0.823. The van der Waals surface area contributed by atoms with Gasteiger partial charge in [0.05, 0.1) is 11.6 Å². The molecule has 1 aliphatic rings. The van der Waals surface area contributed by atoms with Gasteiger partial charge in [-0.15, -0.1) is 12.4 Å². The maximum Gasteiger partial charge on any atom is 0.0992 e. The maximum atomic E-state index is 8.81. The van der Waals surface area contributed by atoms with Gasteiger partial charge < -0.3 is 5.32 Å². The van der Waals surface area contributed by atoms with Gasteiger partial charge in [-0.2, -0.15) is 5.26 Å². The standard InChI is InChI=1S/C11H11ClN2.ClH/c12-11-4-8(6-13)3-10(5-11)9-1-2-14-7-9;/h3-5,9,14H,1-2,7H2;1H/t9-;/m1./s1. The van der Waals surface area contributed by atoms with Crippen molar-refractivity contribution in [1.29, 1.82) is 5.26 Å². The Labute approximate surface area is 101 Å². The Balaban J connectivity index is 0.00000112. The van der Waals surface area contributed by atoms with Crippen molar-refractivity contribution >= 4 is 24.0 Å². The third-order valence-corrected chi connectivity index (χ3v) is 2.80. The van der Waals surface area contributed by atoms with Crippen LogP contribution in [0, 0.1) is 11.3 Å². The summed E-state index contributed by atoms with van der Waals surface area (Å²) in [6.45, 7) is 2.05. The van der Waals surface area contributed by atoms with E-state index < -0.39 is 0 Å². The van der Waals surface area contributed by atoms with Crippen LogP contribution >= 0.6 is 24.0 Å². The van der Waals surface area contributed by atoms with Crippen LogP contribution in [0.3, 0.4) is 0 Å². The van der Waals surface area contributed by atoms with Crippen molar-refractivity contribution in [3.63, 3.8) is 0 Å². The average molecular weight is 243 g/mol. The van der Waals surface area contributed by atoms with E-state index in [1.807, 2.05) is 12.1 Å². The Morgan fingerprint density at radius 3 is 2.80 bits per heavy atom. The molecule has 80 valence electrons. The van der Waals surface area contributed by atoms with Crippen LogP contribution in [0.25, 0.3) is 0 Å². The number of hydrogen-bond acceptors (Lipinski definition) is 2. The van der Waals surface area contributed by atoms with Crippen molar-refractivity contribution in [2.45, 2.75) is 12.3 Å². The molecular formula is C11H12Cl2N2. The van der Waals surface area contributed by atoms with Crippen LogP contribution in [-0.4, -0.2) is 13.1 Å². The highest BCUT2D eigenvalue weighted by molar-refractivity contribution is 6.30. The SMILES string of the molecule is Cl.N#Cc1cc(Cl)cc([C@@H]2CCNC2)c1. The van der Waals surface area contributed by atoms with Crippen molar-refractivity contribution in [1.82, 2.24) is 5.32 Å². The Morgan fingerprint density at radius 2 is 2.20 bits per heavy atom. The smallest absolute Gasteiger partial charge is 0.0992 e. The van der Waals surface area contributed by atoms with Gasteiger partial charge in [-0.1, -0.05) is 11.6 Å². The molecule has 0 amide bonds. The van der Waals surface area contributed by atoms with E-state index >= 15 is 0 Å². The lowest BCUT2D eigenvalue weighted by Crippen LogP contribution is -2.08. The summed E-state index contributed by atoms with van der Waals surface area (Å²) in [5.74, 6) is 0.515. The predicted molar refractivity (Wildman–Crippen MR) is 63.6 cm³/mol. The van der Waals surface area contributed by atoms with Crippen molar-refractivity contribution in [3.05, 3.63) is 34.3 Å². The van der Waals surface area contributed by atoms with Crippen molar-refractivity contribution in [2.24, 2.45) is 0 Å². The number of nitrogens with one attached hydrogen (secondary N) is 1. The van der Waals surface area contributed by atoms with Crippen LogP contribution in [-0.2, 0) is 0 Å². The van der Waals surface area contributed by atoms with Gasteiger partial charge in [0, 0.05) is 11.6 Å². The minimum Gasteiger partial charge on any atom is -0.316 e. The molecule has 2 rings (SSSR count). The van der Waals surface area contributed by atoms with E-state index in [1.54, 1.807) is 6.07 Å². The number of hydrogen-bond donors (Lipinski definition) is 1. The first-order valence-corrected chi connectivity index (χ1v) is 5.08. The normalized spacial score (nSPS) is 19.3. The van der Waals surface area contributed by atoms with E-state index in [1.165, 1.54) is 5.56 Å². The summed E-state index contributed by atoms with van der Waals surface area (Å²) in [6, 6.07) is 7.72. The van der Waals surface area contributed by atoms with E-state index in [9.17, 15) is 0 Å². The van der Waals surface area contributed by atoms with Crippen LogP contribution < -0.4 is 5.32 Å². The molecule has 2 nitrogen and oxygen atoms in total. The second-order valence-electron chi connectivity index (χ2n) is 3.57. The summed E-state index contributed by atoms with van der Waals surface area (Å²) in [7, 11) is 0. The van der Waals surface area contributed by atoms with Gasteiger partial charge in [0.1, 0.15) is 0 Å². The number of nitrogens with zero attached hydrogens (tertiary/aromatic N) is 1. The zero-order valence-electron chi connectivity index (χ0n) is 8.16. The molecule has 0 spiro atoms. The molecule has 0 aliphatic carbocycles. The molecule has 1 N–H and O–H groups in total. The van der Waals surface area contributed by atoms with Crippen molar-refractivity contribution in [3.8, 4) is 6.07 Å². The average Bonchev–Trinajstić information content (AvgIpc) is 2.69. The van der Waals surface area contributed by atoms with E-state index in [4.69, 9.17) is 16.9 Å². The summed E-state index contributed by atoms with van der Waals surface area (Å²) in [5.41, 5.74) is 1.83. The van der Waals surface area contributed by atoms with E-state index in [0.717, 1.165) is 19.5 Å². The second kappa shape index (κ2) is 5.37. The monoisotopic (exact) mass is 242 g/mol. The van der Waals surface area contributed by atoms with Gasteiger partial charge in [0.25, 0.3) is 0 Å². The first-order chi connectivity index (χ1) is 6.79. The molecule has 1 saturated heterocycles. The molecule has 1 fully saturated rings.